The fourth-order valence-corrected chi connectivity index (χ4v) is 2.82. The van der Waals surface area contributed by atoms with E-state index in [9.17, 15) is 0 Å². The lowest BCUT2D eigenvalue weighted by Crippen LogP contribution is -2.12. The molecule has 1 aliphatic carbocycles. The van der Waals surface area contributed by atoms with Crippen LogP contribution in [0.15, 0.2) is 37.0 Å². The van der Waals surface area contributed by atoms with Gasteiger partial charge in [0.05, 0.1) is 17.3 Å². The van der Waals surface area contributed by atoms with Gasteiger partial charge in [-0.1, -0.05) is 17.7 Å². The van der Waals surface area contributed by atoms with Crippen LogP contribution < -0.4 is 0 Å². The van der Waals surface area contributed by atoms with Crippen molar-refractivity contribution in [1.82, 2.24) is 0 Å². The number of fused-ring (bicyclic) bond motifs is 1. The van der Waals surface area contributed by atoms with E-state index in [1.807, 2.05) is 12.2 Å². The van der Waals surface area contributed by atoms with Gasteiger partial charge in [0.15, 0.2) is 0 Å². The Morgan fingerprint density at radius 1 is 1.64 bits per heavy atom. The van der Waals surface area contributed by atoms with Gasteiger partial charge in [0.25, 0.3) is 0 Å². The molecule has 4 heteroatoms. The van der Waals surface area contributed by atoms with Crippen LogP contribution in [0.4, 0.5) is 0 Å². The molecule has 0 fully saturated rings. The molecule has 0 aromatic carbocycles. The Kier molecular flexibility index (Phi) is 3.09. The van der Waals surface area contributed by atoms with Crippen molar-refractivity contribution in [3.63, 3.8) is 0 Å². The van der Waals surface area contributed by atoms with Gasteiger partial charge in [0, 0.05) is 15.7 Å². The van der Waals surface area contributed by atoms with Crippen molar-refractivity contribution in [3.8, 4) is 0 Å². The predicted molar refractivity (Wildman–Crippen MR) is 66.7 cm³/mol. The first-order chi connectivity index (χ1) is 6.70. The second kappa shape index (κ2) is 4.16. The molecule has 0 aromatic rings. The maximum atomic E-state index is 9.08. The Balaban J connectivity index is 2.38. The molecule has 0 aromatic heterocycles. The quantitative estimate of drug-likeness (QED) is 0.740. The summed E-state index contributed by atoms with van der Waals surface area (Å²) < 4.78 is 1.10. The molecular weight excluding hydrogens is 312 g/mol. The van der Waals surface area contributed by atoms with Crippen LogP contribution in [0, 0.1) is 5.92 Å². The van der Waals surface area contributed by atoms with Crippen molar-refractivity contribution in [2.24, 2.45) is 10.9 Å². The van der Waals surface area contributed by atoms with Gasteiger partial charge in [0.1, 0.15) is 0 Å². The predicted octanol–water partition coefficient (Wildman–Crippen LogP) is 2.78. The van der Waals surface area contributed by atoms with Crippen LogP contribution in [0.1, 0.15) is 6.42 Å². The molecule has 1 atom stereocenters. The number of dihydropyridines is 1. The molecule has 1 N–H and O–H groups in total. The van der Waals surface area contributed by atoms with Crippen LogP contribution in [0.5, 0.6) is 0 Å². The average Bonchev–Trinajstić information content (AvgIpc) is 2.16. The smallest absolute Gasteiger partial charge is 0.0645 e. The summed E-state index contributed by atoms with van der Waals surface area (Å²) in [6.45, 7) is 0.117. The van der Waals surface area contributed by atoms with E-state index < -0.39 is 0 Å². The molecule has 0 bridgehead atoms. The molecule has 0 spiro atoms. The molecule has 0 radical (unpaired) electrons. The van der Waals surface area contributed by atoms with Crippen LogP contribution in [0.25, 0.3) is 0 Å². The topological polar surface area (TPSA) is 32.6 Å². The van der Waals surface area contributed by atoms with Gasteiger partial charge in [-0.2, -0.15) is 0 Å². The molecule has 2 nitrogen and oxygen atoms in total. The summed E-state index contributed by atoms with van der Waals surface area (Å²) in [4.78, 5) is 4.30. The van der Waals surface area contributed by atoms with E-state index in [-0.39, 0.29) is 12.5 Å². The largest absolute Gasteiger partial charge is 0.392 e. The van der Waals surface area contributed by atoms with Crippen molar-refractivity contribution >= 4 is 40.4 Å². The van der Waals surface area contributed by atoms with Gasteiger partial charge in [-0.25, -0.2) is 0 Å². The number of hydrogen-bond donors (Lipinski definition) is 1. The van der Waals surface area contributed by atoms with E-state index in [0.29, 0.717) is 5.03 Å². The summed E-state index contributed by atoms with van der Waals surface area (Å²) in [6, 6.07) is 0. The second-order valence-corrected chi connectivity index (χ2v) is 4.91. The Hall–Kier alpha value is -0.130. The number of aliphatic hydroxyl groups is 1. The van der Waals surface area contributed by atoms with Crippen molar-refractivity contribution < 1.29 is 5.11 Å². The number of hydrogen-bond acceptors (Lipinski definition) is 2. The van der Waals surface area contributed by atoms with Crippen LogP contribution in [0.3, 0.4) is 0 Å². The highest BCUT2D eigenvalue weighted by molar-refractivity contribution is 14.1. The molecule has 2 rings (SSSR count). The molecule has 74 valence electrons. The standard InChI is InChI=1S/C10H9ClINO/c11-8-3-7-1-6(5-14)2-9(12)10(7)13-4-8/h2-4,7,14H,1,5H2. The zero-order valence-corrected chi connectivity index (χ0v) is 10.3. The summed E-state index contributed by atoms with van der Waals surface area (Å²) in [7, 11) is 0. The first-order valence-electron chi connectivity index (χ1n) is 4.32. The molecule has 1 heterocycles. The zero-order valence-electron chi connectivity index (χ0n) is 7.37. The number of nitrogens with zero attached hydrogens (tertiary/aromatic N) is 1. The van der Waals surface area contributed by atoms with Gasteiger partial charge < -0.3 is 5.11 Å². The summed E-state index contributed by atoms with van der Waals surface area (Å²) in [5.41, 5.74) is 2.10. The third-order valence-corrected chi connectivity index (χ3v) is 3.39. The monoisotopic (exact) mass is 321 g/mol. The Morgan fingerprint density at radius 2 is 2.43 bits per heavy atom. The molecule has 14 heavy (non-hydrogen) atoms. The Labute approximate surface area is 101 Å². The fraction of sp³-hybridized carbons (Fsp3) is 0.300. The lowest BCUT2D eigenvalue weighted by Gasteiger charge is -2.23. The van der Waals surface area contributed by atoms with Crippen LogP contribution in [-0.2, 0) is 0 Å². The van der Waals surface area contributed by atoms with Crippen LogP contribution >= 0.6 is 34.2 Å². The Morgan fingerprint density at radius 3 is 3.14 bits per heavy atom. The van der Waals surface area contributed by atoms with Crippen molar-refractivity contribution in [3.05, 3.63) is 32.0 Å². The highest BCUT2D eigenvalue weighted by atomic mass is 127. The Bertz CT molecular complexity index is 382. The van der Waals surface area contributed by atoms with Gasteiger partial charge in [-0.05, 0) is 40.7 Å². The van der Waals surface area contributed by atoms with E-state index >= 15 is 0 Å². The maximum absolute atomic E-state index is 9.08. The number of aliphatic imine (C=N–C) groups is 1. The lowest BCUT2D eigenvalue weighted by molar-refractivity contribution is 0.323. The molecule has 0 saturated heterocycles. The molecular formula is C10H9ClINO. The maximum Gasteiger partial charge on any atom is 0.0645 e. The number of allylic oxidation sites excluding steroid dienone is 4. The van der Waals surface area contributed by atoms with Gasteiger partial charge >= 0.3 is 0 Å². The minimum atomic E-state index is 0.117. The summed E-state index contributed by atoms with van der Waals surface area (Å²) in [5.74, 6) is 0.242. The average molecular weight is 322 g/mol. The molecule has 1 aliphatic heterocycles. The summed E-state index contributed by atoms with van der Waals surface area (Å²) in [5, 5.41) is 9.76. The van der Waals surface area contributed by atoms with E-state index in [2.05, 4.69) is 27.6 Å². The van der Waals surface area contributed by atoms with Crippen LogP contribution in [0.2, 0.25) is 0 Å². The van der Waals surface area contributed by atoms with Gasteiger partial charge in [-0.15, -0.1) is 0 Å². The molecule has 1 unspecified atom stereocenters. The number of rotatable bonds is 1. The highest BCUT2D eigenvalue weighted by Crippen LogP contribution is 2.36. The van der Waals surface area contributed by atoms with Crippen LogP contribution in [-0.4, -0.2) is 17.9 Å². The molecule has 2 aliphatic rings. The molecule has 0 amide bonds. The van der Waals surface area contributed by atoms with Gasteiger partial charge in [0.2, 0.25) is 0 Å². The van der Waals surface area contributed by atoms with E-state index in [0.717, 1.165) is 21.3 Å². The number of halogens is 2. The van der Waals surface area contributed by atoms with Crippen molar-refractivity contribution in [1.29, 1.82) is 0 Å². The first-order valence-corrected chi connectivity index (χ1v) is 5.77. The van der Waals surface area contributed by atoms with Crippen molar-refractivity contribution in [2.75, 3.05) is 6.61 Å². The van der Waals surface area contributed by atoms with E-state index in [1.54, 1.807) is 6.21 Å². The minimum Gasteiger partial charge on any atom is -0.392 e. The second-order valence-electron chi connectivity index (χ2n) is 3.31. The third kappa shape index (κ3) is 1.94. The molecule has 0 saturated carbocycles. The first kappa shape index (κ1) is 10.4. The summed E-state index contributed by atoms with van der Waals surface area (Å²) >= 11 is 8.12. The van der Waals surface area contributed by atoms with Gasteiger partial charge in [-0.3, -0.25) is 4.99 Å². The lowest BCUT2D eigenvalue weighted by atomic mass is 9.90. The zero-order chi connectivity index (χ0) is 10.1. The van der Waals surface area contributed by atoms with Crippen molar-refractivity contribution in [2.45, 2.75) is 6.42 Å². The summed E-state index contributed by atoms with van der Waals surface area (Å²) in [6.07, 6.45) is 6.48. The van der Waals surface area contributed by atoms with E-state index in [1.165, 1.54) is 0 Å². The fourth-order valence-electron chi connectivity index (χ4n) is 1.64. The minimum absolute atomic E-state index is 0.117. The third-order valence-electron chi connectivity index (χ3n) is 2.30. The normalized spacial score (nSPS) is 25.8. The SMILES string of the molecule is OCC1=CC(I)=C2N=CC(Cl)=CC2C1. The highest BCUT2D eigenvalue weighted by Gasteiger charge is 2.22. The van der Waals surface area contributed by atoms with E-state index in [4.69, 9.17) is 16.7 Å². The number of aliphatic hydroxyl groups excluding tert-OH is 1.